The third kappa shape index (κ3) is 3.17. The lowest BCUT2D eigenvalue weighted by Crippen LogP contribution is -2.44. The fraction of sp³-hybridized carbons (Fsp3) is 0.400. The van der Waals surface area contributed by atoms with Crippen molar-refractivity contribution in [2.24, 2.45) is 0 Å². The molecule has 19 heavy (non-hydrogen) atoms. The number of likely N-dealkylation sites (N-methyl/N-ethyl adjacent to an activating group) is 1. The van der Waals surface area contributed by atoms with Gasteiger partial charge in [0.25, 0.3) is 0 Å². The number of aromatic nitrogens is 1. The molecule has 0 bridgehead atoms. The second-order valence-electron chi connectivity index (χ2n) is 5.58. The summed E-state index contributed by atoms with van der Waals surface area (Å²) >= 11 is 6.00. The maximum Gasteiger partial charge on any atom is 0.0737 e. The Balaban J connectivity index is 2.26. The van der Waals surface area contributed by atoms with E-state index in [2.05, 4.69) is 43.1 Å². The molecule has 2 rings (SSSR count). The van der Waals surface area contributed by atoms with Crippen molar-refractivity contribution in [2.75, 3.05) is 26.0 Å². The van der Waals surface area contributed by atoms with E-state index in [1.54, 1.807) is 0 Å². The molecule has 1 aromatic heterocycles. The number of fused-ring (bicyclic) bond motifs is 1. The molecule has 0 atom stereocenters. The van der Waals surface area contributed by atoms with Crippen LogP contribution in [0.5, 0.6) is 0 Å². The molecule has 0 radical (unpaired) electrons. The van der Waals surface area contributed by atoms with Crippen molar-refractivity contribution in [3.63, 3.8) is 0 Å². The quantitative estimate of drug-likeness (QED) is 0.925. The van der Waals surface area contributed by atoms with Crippen LogP contribution in [0.2, 0.25) is 5.02 Å². The highest BCUT2D eigenvalue weighted by molar-refractivity contribution is 6.31. The molecule has 0 aliphatic carbocycles. The van der Waals surface area contributed by atoms with E-state index in [-0.39, 0.29) is 5.54 Å². The molecule has 0 spiro atoms. The molecule has 0 fully saturated rings. The van der Waals surface area contributed by atoms with Crippen LogP contribution in [0.4, 0.5) is 5.69 Å². The SMILES string of the molecule is CN(C)C(C)(C)CNc1ccnc2cc(Cl)ccc12. The number of benzene rings is 1. The maximum absolute atomic E-state index is 6.00. The summed E-state index contributed by atoms with van der Waals surface area (Å²) in [5.41, 5.74) is 2.10. The van der Waals surface area contributed by atoms with E-state index in [4.69, 9.17) is 11.6 Å². The van der Waals surface area contributed by atoms with Gasteiger partial charge in [0, 0.05) is 34.4 Å². The van der Waals surface area contributed by atoms with Crippen LogP contribution in [-0.2, 0) is 0 Å². The first-order chi connectivity index (χ1) is 8.90. The number of hydrogen-bond donors (Lipinski definition) is 1. The van der Waals surface area contributed by atoms with Gasteiger partial charge in [-0.2, -0.15) is 0 Å². The van der Waals surface area contributed by atoms with Gasteiger partial charge in [0.15, 0.2) is 0 Å². The van der Waals surface area contributed by atoms with Crippen molar-refractivity contribution in [1.82, 2.24) is 9.88 Å². The van der Waals surface area contributed by atoms with Crippen LogP contribution in [0.15, 0.2) is 30.5 Å². The van der Waals surface area contributed by atoms with Gasteiger partial charge >= 0.3 is 0 Å². The Hall–Kier alpha value is -1.32. The smallest absolute Gasteiger partial charge is 0.0737 e. The average Bonchev–Trinajstić information content (AvgIpc) is 2.35. The maximum atomic E-state index is 6.00. The number of anilines is 1. The minimum absolute atomic E-state index is 0.0853. The van der Waals surface area contributed by atoms with E-state index in [9.17, 15) is 0 Å². The number of nitrogens with one attached hydrogen (secondary N) is 1. The molecule has 0 aliphatic heterocycles. The van der Waals surface area contributed by atoms with E-state index in [0.29, 0.717) is 5.02 Å². The summed E-state index contributed by atoms with van der Waals surface area (Å²) in [5, 5.41) is 5.32. The van der Waals surface area contributed by atoms with Gasteiger partial charge in [0.2, 0.25) is 0 Å². The molecule has 1 N–H and O–H groups in total. The summed E-state index contributed by atoms with van der Waals surface area (Å²) in [6.45, 7) is 5.28. The molecule has 1 aromatic carbocycles. The minimum Gasteiger partial charge on any atom is -0.383 e. The molecule has 0 amide bonds. The van der Waals surface area contributed by atoms with Gasteiger partial charge in [0.1, 0.15) is 0 Å². The van der Waals surface area contributed by atoms with Crippen LogP contribution in [0, 0.1) is 0 Å². The van der Waals surface area contributed by atoms with Crippen LogP contribution in [0.25, 0.3) is 10.9 Å². The second-order valence-corrected chi connectivity index (χ2v) is 6.02. The average molecular weight is 278 g/mol. The van der Waals surface area contributed by atoms with Crippen molar-refractivity contribution in [3.8, 4) is 0 Å². The Labute approximate surface area is 119 Å². The van der Waals surface area contributed by atoms with E-state index >= 15 is 0 Å². The lowest BCUT2D eigenvalue weighted by atomic mass is 10.0. The summed E-state index contributed by atoms with van der Waals surface area (Å²) < 4.78 is 0. The topological polar surface area (TPSA) is 28.2 Å². The van der Waals surface area contributed by atoms with Gasteiger partial charge in [0.05, 0.1) is 5.52 Å². The third-order valence-corrected chi connectivity index (χ3v) is 3.86. The highest BCUT2D eigenvalue weighted by Crippen LogP contribution is 2.25. The second kappa shape index (κ2) is 5.35. The fourth-order valence-corrected chi connectivity index (χ4v) is 1.91. The normalized spacial score (nSPS) is 12.1. The minimum atomic E-state index is 0.0853. The largest absolute Gasteiger partial charge is 0.383 e. The van der Waals surface area contributed by atoms with E-state index in [1.807, 2.05) is 30.5 Å². The first kappa shape index (κ1) is 14.1. The molecule has 0 saturated carbocycles. The van der Waals surface area contributed by atoms with Crippen LogP contribution < -0.4 is 5.32 Å². The van der Waals surface area contributed by atoms with Gasteiger partial charge in [-0.25, -0.2) is 0 Å². The fourth-order valence-electron chi connectivity index (χ4n) is 1.75. The lowest BCUT2D eigenvalue weighted by molar-refractivity contribution is 0.210. The van der Waals surface area contributed by atoms with E-state index in [0.717, 1.165) is 23.1 Å². The van der Waals surface area contributed by atoms with Crippen LogP contribution in [0.3, 0.4) is 0 Å². The van der Waals surface area contributed by atoms with Crippen LogP contribution in [0.1, 0.15) is 13.8 Å². The van der Waals surface area contributed by atoms with Gasteiger partial charge < -0.3 is 10.2 Å². The van der Waals surface area contributed by atoms with E-state index in [1.165, 1.54) is 0 Å². The van der Waals surface area contributed by atoms with Crippen LogP contribution >= 0.6 is 11.6 Å². The number of rotatable bonds is 4. The Morgan fingerprint density at radius 3 is 2.68 bits per heavy atom. The Bertz CT molecular complexity index is 579. The summed E-state index contributed by atoms with van der Waals surface area (Å²) in [5.74, 6) is 0. The molecule has 0 aliphatic rings. The van der Waals surface area contributed by atoms with Crippen molar-refractivity contribution in [3.05, 3.63) is 35.5 Å². The van der Waals surface area contributed by atoms with E-state index < -0.39 is 0 Å². The number of halogens is 1. The zero-order valence-corrected chi connectivity index (χ0v) is 12.6. The predicted molar refractivity (Wildman–Crippen MR) is 83.0 cm³/mol. The molecular weight excluding hydrogens is 258 g/mol. The van der Waals surface area contributed by atoms with Crippen molar-refractivity contribution >= 4 is 28.2 Å². The summed E-state index contributed by atoms with van der Waals surface area (Å²) in [6, 6.07) is 7.80. The van der Waals surface area contributed by atoms with Crippen molar-refractivity contribution in [2.45, 2.75) is 19.4 Å². The molecule has 3 nitrogen and oxygen atoms in total. The Kier molecular flexibility index (Phi) is 3.97. The van der Waals surface area contributed by atoms with Gasteiger partial charge in [-0.3, -0.25) is 4.98 Å². The van der Waals surface area contributed by atoms with Crippen molar-refractivity contribution in [1.29, 1.82) is 0 Å². The molecule has 102 valence electrons. The molecular formula is C15H20ClN3. The van der Waals surface area contributed by atoms with Gasteiger partial charge in [-0.05, 0) is 52.2 Å². The number of pyridine rings is 1. The Morgan fingerprint density at radius 2 is 2.00 bits per heavy atom. The first-order valence-electron chi connectivity index (χ1n) is 6.36. The Morgan fingerprint density at radius 1 is 1.26 bits per heavy atom. The van der Waals surface area contributed by atoms with Crippen molar-refractivity contribution < 1.29 is 0 Å². The summed E-state index contributed by atoms with van der Waals surface area (Å²) in [6.07, 6.45) is 1.81. The number of hydrogen-bond acceptors (Lipinski definition) is 3. The number of nitrogens with zero attached hydrogens (tertiary/aromatic N) is 2. The molecule has 4 heteroatoms. The van der Waals surface area contributed by atoms with Gasteiger partial charge in [-0.15, -0.1) is 0 Å². The first-order valence-corrected chi connectivity index (χ1v) is 6.73. The summed E-state index contributed by atoms with van der Waals surface area (Å²) in [4.78, 5) is 6.56. The van der Waals surface area contributed by atoms with Gasteiger partial charge in [-0.1, -0.05) is 11.6 Å². The molecule has 2 aromatic rings. The highest BCUT2D eigenvalue weighted by Gasteiger charge is 2.20. The highest BCUT2D eigenvalue weighted by atomic mass is 35.5. The summed E-state index contributed by atoms with van der Waals surface area (Å²) in [7, 11) is 4.18. The van der Waals surface area contributed by atoms with Crippen LogP contribution in [-0.4, -0.2) is 36.1 Å². The third-order valence-electron chi connectivity index (χ3n) is 3.63. The predicted octanol–water partition coefficient (Wildman–Crippen LogP) is 3.64. The molecule has 0 unspecified atom stereocenters. The standard InChI is InChI=1S/C15H20ClN3/c1-15(2,19(3)4)10-18-13-7-8-17-14-9-11(16)5-6-12(13)14/h5-9H,10H2,1-4H3,(H,17,18). The molecule has 0 saturated heterocycles. The monoisotopic (exact) mass is 277 g/mol. The molecule has 1 heterocycles. The zero-order valence-electron chi connectivity index (χ0n) is 11.9. The zero-order chi connectivity index (χ0) is 14.0. The lowest BCUT2D eigenvalue weighted by Gasteiger charge is -2.33.